The quantitative estimate of drug-likeness (QED) is 0.848. The topological polar surface area (TPSA) is 63.8 Å². The fourth-order valence-corrected chi connectivity index (χ4v) is 1.65. The van der Waals surface area contributed by atoms with Crippen molar-refractivity contribution in [2.45, 2.75) is 19.1 Å². The highest BCUT2D eigenvalue weighted by atomic mass is 19.4. The highest BCUT2D eigenvalue weighted by molar-refractivity contribution is 5.43. The van der Waals surface area contributed by atoms with Crippen molar-refractivity contribution in [2.24, 2.45) is 0 Å². The molecule has 0 saturated carbocycles. The molecule has 20 heavy (non-hydrogen) atoms. The largest absolute Gasteiger partial charge is 0.435 e. The minimum Gasteiger partial charge on any atom is -0.399 e. The van der Waals surface area contributed by atoms with Gasteiger partial charge >= 0.3 is 6.18 Å². The summed E-state index contributed by atoms with van der Waals surface area (Å²) in [6.45, 7) is 1.87. The maximum atomic E-state index is 12.4. The van der Waals surface area contributed by atoms with Crippen molar-refractivity contribution in [1.82, 2.24) is 10.2 Å². The van der Waals surface area contributed by atoms with E-state index in [1.807, 2.05) is 19.1 Å². The number of hydrogen-bond donors (Lipinski definition) is 2. The highest BCUT2D eigenvalue weighted by Gasteiger charge is 2.32. The van der Waals surface area contributed by atoms with E-state index in [9.17, 15) is 13.2 Å². The molecule has 4 nitrogen and oxygen atoms in total. The van der Waals surface area contributed by atoms with E-state index in [2.05, 4.69) is 15.5 Å². The Balaban J connectivity index is 2.08. The van der Waals surface area contributed by atoms with Crippen LogP contribution in [0.2, 0.25) is 0 Å². The van der Waals surface area contributed by atoms with Crippen LogP contribution in [0.5, 0.6) is 0 Å². The second-order valence-electron chi connectivity index (χ2n) is 4.33. The molecule has 106 valence electrons. The predicted octanol–water partition coefficient (Wildman–Crippen LogP) is 3.25. The number of nitrogens with one attached hydrogen (secondary N) is 1. The number of halogens is 3. The summed E-state index contributed by atoms with van der Waals surface area (Å²) in [7, 11) is 0. The second-order valence-corrected chi connectivity index (χ2v) is 4.33. The number of rotatable bonds is 3. The molecule has 1 unspecified atom stereocenters. The van der Waals surface area contributed by atoms with E-state index in [0.717, 1.165) is 11.6 Å². The predicted molar refractivity (Wildman–Crippen MR) is 69.9 cm³/mol. The summed E-state index contributed by atoms with van der Waals surface area (Å²) in [5, 5.41) is 9.65. The highest BCUT2D eigenvalue weighted by Crippen LogP contribution is 2.27. The summed E-state index contributed by atoms with van der Waals surface area (Å²) in [5.41, 5.74) is 6.17. The van der Waals surface area contributed by atoms with Crippen LogP contribution in [0.4, 0.5) is 24.7 Å². The fourth-order valence-electron chi connectivity index (χ4n) is 1.65. The second kappa shape index (κ2) is 5.36. The van der Waals surface area contributed by atoms with E-state index in [1.54, 1.807) is 12.1 Å². The molecule has 0 aliphatic rings. The van der Waals surface area contributed by atoms with Gasteiger partial charge in [-0.15, -0.1) is 10.2 Å². The van der Waals surface area contributed by atoms with Crippen molar-refractivity contribution in [3.63, 3.8) is 0 Å². The molecule has 1 aromatic carbocycles. The average molecular weight is 282 g/mol. The zero-order chi connectivity index (χ0) is 14.8. The monoisotopic (exact) mass is 282 g/mol. The minimum absolute atomic E-state index is 0.123. The van der Waals surface area contributed by atoms with E-state index in [0.29, 0.717) is 5.69 Å². The van der Waals surface area contributed by atoms with Crippen molar-refractivity contribution >= 4 is 11.5 Å². The number of nitrogens with two attached hydrogens (primary N) is 1. The first-order chi connectivity index (χ1) is 9.36. The summed E-state index contributed by atoms with van der Waals surface area (Å²) in [5.74, 6) is 0.280. The number of hydrogen-bond acceptors (Lipinski definition) is 4. The molecule has 0 spiro atoms. The summed E-state index contributed by atoms with van der Waals surface area (Å²) in [6.07, 6.45) is -4.48. The molecule has 0 aliphatic carbocycles. The SMILES string of the molecule is CC(Nc1ccc(C(F)(F)F)nn1)c1ccc(N)cc1. The van der Waals surface area contributed by atoms with Gasteiger partial charge in [0.1, 0.15) is 5.82 Å². The molecule has 0 saturated heterocycles. The first-order valence-electron chi connectivity index (χ1n) is 5.89. The molecule has 2 aromatic rings. The zero-order valence-corrected chi connectivity index (χ0v) is 10.6. The van der Waals surface area contributed by atoms with Crippen molar-refractivity contribution in [2.75, 3.05) is 11.1 Å². The van der Waals surface area contributed by atoms with Crippen LogP contribution in [0.3, 0.4) is 0 Å². The maximum absolute atomic E-state index is 12.4. The molecule has 1 aromatic heterocycles. The molecule has 1 atom stereocenters. The Bertz CT molecular complexity index is 564. The van der Waals surface area contributed by atoms with Gasteiger partial charge in [-0.05, 0) is 36.8 Å². The number of aromatic nitrogens is 2. The molecule has 0 radical (unpaired) electrons. The molecule has 0 bridgehead atoms. The summed E-state index contributed by atoms with van der Waals surface area (Å²) < 4.78 is 37.1. The van der Waals surface area contributed by atoms with Gasteiger partial charge in [-0.25, -0.2) is 0 Å². The van der Waals surface area contributed by atoms with Crippen molar-refractivity contribution in [3.05, 3.63) is 47.7 Å². The van der Waals surface area contributed by atoms with Gasteiger partial charge in [0.15, 0.2) is 5.69 Å². The van der Waals surface area contributed by atoms with E-state index < -0.39 is 11.9 Å². The lowest BCUT2D eigenvalue weighted by molar-refractivity contribution is -0.141. The van der Waals surface area contributed by atoms with Crippen LogP contribution in [0, 0.1) is 0 Å². The molecule has 0 amide bonds. The van der Waals surface area contributed by atoms with Crippen LogP contribution in [0.1, 0.15) is 24.2 Å². The zero-order valence-electron chi connectivity index (χ0n) is 10.6. The Hall–Kier alpha value is -2.31. The Kier molecular flexibility index (Phi) is 3.78. The Morgan fingerprint density at radius 3 is 2.20 bits per heavy atom. The van der Waals surface area contributed by atoms with Crippen LogP contribution >= 0.6 is 0 Å². The van der Waals surface area contributed by atoms with Gasteiger partial charge in [0.2, 0.25) is 0 Å². The van der Waals surface area contributed by atoms with Crippen molar-refractivity contribution in [3.8, 4) is 0 Å². The van der Waals surface area contributed by atoms with Crippen LogP contribution < -0.4 is 11.1 Å². The number of alkyl halides is 3. The van der Waals surface area contributed by atoms with Gasteiger partial charge in [-0.1, -0.05) is 12.1 Å². The first-order valence-corrected chi connectivity index (χ1v) is 5.89. The van der Waals surface area contributed by atoms with Crippen LogP contribution in [0.25, 0.3) is 0 Å². The van der Waals surface area contributed by atoms with Gasteiger partial charge in [-0.2, -0.15) is 13.2 Å². The molecule has 0 fully saturated rings. The van der Waals surface area contributed by atoms with Crippen molar-refractivity contribution in [1.29, 1.82) is 0 Å². The third-order valence-electron chi connectivity index (χ3n) is 2.76. The molecule has 7 heteroatoms. The van der Waals surface area contributed by atoms with E-state index >= 15 is 0 Å². The first kappa shape index (κ1) is 14.1. The number of benzene rings is 1. The van der Waals surface area contributed by atoms with E-state index in [-0.39, 0.29) is 11.9 Å². The lowest BCUT2D eigenvalue weighted by Gasteiger charge is -2.15. The van der Waals surface area contributed by atoms with Crippen molar-refractivity contribution < 1.29 is 13.2 Å². The fraction of sp³-hybridized carbons (Fsp3) is 0.231. The van der Waals surface area contributed by atoms with Gasteiger partial charge in [-0.3, -0.25) is 0 Å². The van der Waals surface area contributed by atoms with Crippen LogP contribution in [0.15, 0.2) is 36.4 Å². The minimum atomic E-state index is -4.48. The summed E-state index contributed by atoms with van der Waals surface area (Å²) >= 11 is 0. The number of anilines is 2. The maximum Gasteiger partial charge on any atom is 0.435 e. The van der Waals surface area contributed by atoms with Crippen LogP contribution in [-0.4, -0.2) is 10.2 Å². The Labute approximate surface area is 113 Å². The van der Waals surface area contributed by atoms with Gasteiger partial charge in [0.25, 0.3) is 0 Å². The normalized spacial score (nSPS) is 13.0. The lowest BCUT2D eigenvalue weighted by atomic mass is 10.1. The third kappa shape index (κ3) is 3.37. The number of nitrogens with zero attached hydrogens (tertiary/aromatic N) is 2. The van der Waals surface area contributed by atoms with Crippen LogP contribution in [-0.2, 0) is 6.18 Å². The van der Waals surface area contributed by atoms with Gasteiger partial charge in [0, 0.05) is 5.69 Å². The Morgan fingerprint density at radius 1 is 1.05 bits per heavy atom. The molecule has 1 heterocycles. The molecular weight excluding hydrogens is 269 g/mol. The lowest BCUT2D eigenvalue weighted by Crippen LogP contribution is -2.12. The van der Waals surface area contributed by atoms with Gasteiger partial charge in [0.05, 0.1) is 6.04 Å². The third-order valence-corrected chi connectivity index (χ3v) is 2.76. The molecular formula is C13H13F3N4. The molecule has 0 aliphatic heterocycles. The molecule has 2 rings (SSSR count). The van der Waals surface area contributed by atoms with E-state index in [4.69, 9.17) is 5.73 Å². The average Bonchev–Trinajstić information content (AvgIpc) is 2.39. The summed E-state index contributed by atoms with van der Waals surface area (Å²) in [6, 6.07) is 9.21. The van der Waals surface area contributed by atoms with E-state index in [1.165, 1.54) is 6.07 Å². The summed E-state index contributed by atoms with van der Waals surface area (Å²) in [4.78, 5) is 0. The smallest absolute Gasteiger partial charge is 0.399 e. The standard InChI is InChI=1S/C13H13F3N4/c1-8(9-2-4-10(17)5-3-9)18-12-7-6-11(19-20-12)13(14,15)16/h2-8H,17H2,1H3,(H,18,20). The molecule has 3 N–H and O–H groups in total. The number of nitrogen functional groups attached to an aromatic ring is 1. The van der Waals surface area contributed by atoms with Gasteiger partial charge < -0.3 is 11.1 Å². The Morgan fingerprint density at radius 2 is 1.70 bits per heavy atom.